The fraction of sp³-hybridized carbons (Fsp3) is 0.688. The zero-order valence-electron chi connectivity index (χ0n) is 13.4. The van der Waals surface area contributed by atoms with E-state index in [0.29, 0.717) is 29.0 Å². The summed E-state index contributed by atoms with van der Waals surface area (Å²) in [5, 5.41) is 12.7. The molecule has 0 radical (unpaired) electrons. The Kier molecular flexibility index (Phi) is 5.56. The molecule has 3 atom stereocenters. The summed E-state index contributed by atoms with van der Waals surface area (Å²) in [5.41, 5.74) is 0.509. The third kappa shape index (κ3) is 4.29. The maximum Gasteiger partial charge on any atom is 0.347 e. The van der Waals surface area contributed by atoms with Crippen LogP contribution in [-0.2, 0) is 4.79 Å². The molecule has 2 N–H and O–H groups in total. The Morgan fingerprint density at radius 1 is 1.45 bits per heavy atom. The number of carboxylic acids is 1. The Morgan fingerprint density at radius 3 is 2.77 bits per heavy atom. The molecule has 1 fully saturated rings. The molecule has 0 aliphatic heterocycles. The van der Waals surface area contributed by atoms with Crippen molar-refractivity contribution >= 4 is 23.2 Å². The van der Waals surface area contributed by atoms with Crippen molar-refractivity contribution < 1.29 is 14.7 Å². The molecule has 0 aromatic carbocycles. The van der Waals surface area contributed by atoms with Crippen molar-refractivity contribution in [3.63, 3.8) is 0 Å². The number of aryl methyl sites for hydroxylation is 1. The predicted octanol–water partition coefficient (Wildman–Crippen LogP) is 3.54. The first kappa shape index (κ1) is 16.9. The number of amides is 1. The van der Waals surface area contributed by atoms with Crippen LogP contribution in [0.3, 0.4) is 0 Å². The molecule has 0 saturated heterocycles. The largest absolute Gasteiger partial charge is 0.477 e. The van der Waals surface area contributed by atoms with Gasteiger partial charge in [0.05, 0.1) is 11.7 Å². The molecular weight excluding hydrogens is 300 g/mol. The smallest absolute Gasteiger partial charge is 0.347 e. The number of hydrogen-bond donors (Lipinski definition) is 2. The van der Waals surface area contributed by atoms with Crippen LogP contribution < -0.4 is 5.32 Å². The fourth-order valence-electron chi connectivity index (χ4n) is 3.17. The number of rotatable bonds is 5. The van der Waals surface area contributed by atoms with Crippen LogP contribution >= 0.6 is 11.3 Å². The number of hydrogen-bond acceptors (Lipinski definition) is 4. The lowest BCUT2D eigenvalue weighted by atomic mass is 9.81. The van der Waals surface area contributed by atoms with Crippen LogP contribution in [-0.4, -0.2) is 22.0 Å². The summed E-state index contributed by atoms with van der Waals surface area (Å²) in [7, 11) is 0. The normalized spacial score (nSPS) is 23.0. The molecule has 1 aliphatic carbocycles. The second-order valence-electron chi connectivity index (χ2n) is 6.40. The number of nitrogens with zero attached hydrogens (tertiary/aromatic N) is 1. The standard InChI is InChI=1S/C16H24N2O3S/c1-9-5-4-6-12(7-9)8-13(19)17-11(3)15-18-10(2)14(22-15)16(20)21/h9,11-12H,4-8H2,1-3H3,(H,17,19)(H,20,21). The summed E-state index contributed by atoms with van der Waals surface area (Å²) in [6, 6.07) is -0.245. The van der Waals surface area contributed by atoms with E-state index in [1.54, 1.807) is 6.92 Å². The van der Waals surface area contributed by atoms with Crippen molar-refractivity contribution in [2.75, 3.05) is 0 Å². The van der Waals surface area contributed by atoms with Gasteiger partial charge < -0.3 is 10.4 Å². The highest BCUT2D eigenvalue weighted by molar-refractivity contribution is 7.13. The van der Waals surface area contributed by atoms with Crippen LogP contribution in [0.4, 0.5) is 0 Å². The van der Waals surface area contributed by atoms with E-state index in [4.69, 9.17) is 5.11 Å². The zero-order valence-corrected chi connectivity index (χ0v) is 14.2. The average molecular weight is 324 g/mol. The molecule has 3 unspecified atom stereocenters. The van der Waals surface area contributed by atoms with Crippen molar-refractivity contribution in [3.8, 4) is 0 Å². The van der Waals surface area contributed by atoms with Crippen molar-refractivity contribution in [1.82, 2.24) is 10.3 Å². The first-order valence-corrected chi connectivity index (χ1v) is 8.68. The minimum Gasteiger partial charge on any atom is -0.477 e. The molecule has 1 saturated carbocycles. The van der Waals surface area contributed by atoms with Crippen LogP contribution in [0.5, 0.6) is 0 Å². The lowest BCUT2D eigenvalue weighted by molar-refractivity contribution is -0.123. The van der Waals surface area contributed by atoms with Gasteiger partial charge in [-0.05, 0) is 38.5 Å². The van der Waals surface area contributed by atoms with Gasteiger partial charge in [-0.2, -0.15) is 0 Å². The average Bonchev–Trinajstić information content (AvgIpc) is 2.81. The van der Waals surface area contributed by atoms with E-state index in [1.807, 2.05) is 6.92 Å². The molecule has 6 heteroatoms. The molecular formula is C16H24N2O3S. The molecule has 5 nitrogen and oxygen atoms in total. The number of nitrogens with one attached hydrogen (secondary N) is 1. The molecule has 0 bridgehead atoms. The Bertz CT molecular complexity index is 556. The van der Waals surface area contributed by atoms with Gasteiger partial charge in [-0.3, -0.25) is 4.79 Å². The van der Waals surface area contributed by atoms with Gasteiger partial charge in [-0.1, -0.05) is 19.8 Å². The van der Waals surface area contributed by atoms with Gasteiger partial charge in [0.25, 0.3) is 0 Å². The number of carbonyl (C=O) groups is 2. The van der Waals surface area contributed by atoms with E-state index in [-0.39, 0.29) is 16.8 Å². The van der Waals surface area contributed by atoms with Crippen molar-refractivity contribution in [2.24, 2.45) is 11.8 Å². The summed E-state index contributed by atoms with van der Waals surface area (Å²) in [6.45, 7) is 5.78. The number of aromatic carboxylic acids is 1. The Balaban J connectivity index is 1.90. The summed E-state index contributed by atoms with van der Waals surface area (Å²) >= 11 is 1.14. The van der Waals surface area contributed by atoms with Crippen molar-refractivity contribution in [3.05, 3.63) is 15.6 Å². The highest BCUT2D eigenvalue weighted by Crippen LogP contribution is 2.31. The quantitative estimate of drug-likeness (QED) is 0.868. The van der Waals surface area contributed by atoms with Gasteiger partial charge >= 0.3 is 5.97 Å². The van der Waals surface area contributed by atoms with Gasteiger partial charge in [0.2, 0.25) is 5.91 Å². The van der Waals surface area contributed by atoms with Gasteiger partial charge in [-0.15, -0.1) is 11.3 Å². The zero-order chi connectivity index (χ0) is 16.3. The van der Waals surface area contributed by atoms with Crippen LogP contribution in [0.1, 0.15) is 72.4 Å². The maximum absolute atomic E-state index is 12.2. The minimum atomic E-state index is -0.962. The highest BCUT2D eigenvalue weighted by atomic mass is 32.1. The molecule has 1 aromatic rings. The van der Waals surface area contributed by atoms with E-state index in [0.717, 1.165) is 24.2 Å². The number of aromatic nitrogens is 1. The summed E-state index contributed by atoms with van der Waals surface area (Å²) in [6.07, 6.45) is 5.30. The SMILES string of the molecule is Cc1nc(C(C)NC(=O)CC2CCCC(C)C2)sc1C(=O)O. The molecule has 1 amide bonds. The summed E-state index contributed by atoms with van der Waals surface area (Å²) < 4.78 is 0. The molecule has 0 spiro atoms. The van der Waals surface area contributed by atoms with Crippen molar-refractivity contribution in [2.45, 2.75) is 58.9 Å². The molecule has 1 aromatic heterocycles. The first-order chi connectivity index (χ1) is 10.4. The summed E-state index contributed by atoms with van der Waals surface area (Å²) in [5.74, 6) is 0.263. The van der Waals surface area contributed by atoms with Crippen LogP contribution in [0.15, 0.2) is 0 Å². The molecule has 1 heterocycles. The van der Waals surface area contributed by atoms with Gasteiger partial charge in [0, 0.05) is 6.42 Å². The second-order valence-corrected chi connectivity index (χ2v) is 7.43. The van der Waals surface area contributed by atoms with Crippen LogP contribution in [0.2, 0.25) is 0 Å². The lowest BCUT2D eigenvalue weighted by Crippen LogP contribution is -2.29. The Labute approximate surface area is 135 Å². The van der Waals surface area contributed by atoms with E-state index >= 15 is 0 Å². The fourth-order valence-corrected chi connectivity index (χ4v) is 4.08. The molecule has 1 aliphatic rings. The molecule has 2 rings (SSSR count). The molecule has 122 valence electrons. The van der Waals surface area contributed by atoms with E-state index in [2.05, 4.69) is 17.2 Å². The first-order valence-electron chi connectivity index (χ1n) is 7.86. The van der Waals surface area contributed by atoms with E-state index < -0.39 is 5.97 Å². The minimum absolute atomic E-state index is 0.0383. The van der Waals surface area contributed by atoms with Crippen LogP contribution in [0, 0.1) is 18.8 Å². The third-order valence-corrected chi connectivity index (χ3v) is 5.60. The van der Waals surface area contributed by atoms with E-state index in [9.17, 15) is 9.59 Å². The highest BCUT2D eigenvalue weighted by Gasteiger charge is 2.23. The predicted molar refractivity (Wildman–Crippen MR) is 86.1 cm³/mol. The van der Waals surface area contributed by atoms with Gasteiger partial charge in [0.1, 0.15) is 9.88 Å². The number of carboxylic acid groups (broad SMARTS) is 1. The Hall–Kier alpha value is -1.43. The van der Waals surface area contributed by atoms with Gasteiger partial charge in [-0.25, -0.2) is 9.78 Å². The van der Waals surface area contributed by atoms with Gasteiger partial charge in [0.15, 0.2) is 0 Å². The van der Waals surface area contributed by atoms with Crippen LogP contribution in [0.25, 0.3) is 0 Å². The topological polar surface area (TPSA) is 79.3 Å². The second kappa shape index (κ2) is 7.22. The monoisotopic (exact) mass is 324 g/mol. The maximum atomic E-state index is 12.2. The number of thiazole rings is 1. The molecule has 22 heavy (non-hydrogen) atoms. The number of carbonyl (C=O) groups excluding carboxylic acids is 1. The van der Waals surface area contributed by atoms with E-state index in [1.165, 1.54) is 12.8 Å². The Morgan fingerprint density at radius 2 is 2.18 bits per heavy atom. The lowest BCUT2D eigenvalue weighted by Gasteiger charge is -2.26. The third-order valence-electron chi connectivity index (χ3n) is 4.27. The van der Waals surface area contributed by atoms with Crippen molar-refractivity contribution in [1.29, 1.82) is 0 Å². The summed E-state index contributed by atoms with van der Waals surface area (Å²) in [4.78, 5) is 27.7.